The highest BCUT2D eigenvalue weighted by atomic mass is 16.2. The molecule has 124 valence electrons. The molecular formula is C16H22N4O3. The molecule has 0 radical (unpaired) electrons. The summed E-state index contributed by atoms with van der Waals surface area (Å²) in [6, 6.07) is 8.47. The molecule has 1 fully saturated rings. The third-order valence-corrected chi connectivity index (χ3v) is 4.04. The van der Waals surface area contributed by atoms with Crippen molar-refractivity contribution in [1.29, 1.82) is 0 Å². The lowest BCUT2D eigenvalue weighted by Crippen LogP contribution is -2.50. The first-order chi connectivity index (χ1) is 11.0. The number of hydrogen-bond acceptors (Lipinski definition) is 4. The zero-order chi connectivity index (χ0) is 16.8. The molecule has 4 amide bonds. The van der Waals surface area contributed by atoms with E-state index in [1.807, 2.05) is 17.9 Å². The number of nitrogens with zero attached hydrogens (tertiary/aromatic N) is 1. The van der Waals surface area contributed by atoms with Gasteiger partial charge in [-0.3, -0.25) is 19.8 Å². The molecule has 0 saturated carbocycles. The summed E-state index contributed by atoms with van der Waals surface area (Å²) < 4.78 is 0. The zero-order valence-corrected chi connectivity index (χ0v) is 13.1. The van der Waals surface area contributed by atoms with Crippen molar-refractivity contribution in [3.05, 3.63) is 30.3 Å². The number of carbonyl (C=O) groups is 3. The fourth-order valence-corrected chi connectivity index (χ4v) is 2.67. The van der Waals surface area contributed by atoms with E-state index in [0.29, 0.717) is 12.2 Å². The molecule has 1 aromatic carbocycles. The van der Waals surface area contributed by atoms with Gasteiger partial charge in [-0.2, -0.15) is 0 Å². The maximum atomic E-state index is 12.0. The lowest BCUT2D eigenvalue weighted by Gasteiger charge is -2.36. The maximum absolute atomic E-state index is 12.0. The lowest BCUT2D eigenvalue weighted by molar-refractivity contribution is -0.127. The highest BCUT2D eigenvalue weighted by Gasteiger charge is 2.29. The monoisotopic (exact) mass is 318 g/mol. The molecule has 7 heteroatoms. The third kappa shape index (κ3) is 5.07. The molecule has 0 spiro atoms. The van der Waals surface area contributed by atoms with Gasteiger partial charge >= 0.3 is 6.03 Å². The largest absolute Gasteiger partial charge is 0.369 e. The van der Waals surface area contributed by atoms with Gasteiger partial charge in [0, 0.05) is 18.3 Å². The molecule has 0 aromatic heterocycles. The number of piperidine rings is 1. The Morgan fingerprint density at radius 1 is 1.22 bits per heavy atom. The minimum atomic E-state index is -0.572. The summed E-state index contributed by atoms with van der Waals surface area (Å²) in [4.78, 5) is 37.0. The Hall–Kier alpha value is -2.41. The van der Waals surface area contributed by atoms with Crippen LogP contribution in [0.15, 0.2) is 30.3 Å². The molecule has 0 bridgehead atoms. The predicted octanol–water partition coefficient (Wildman–Crippen LogP) is 0.920. The molecule has 7 nitrogen and oxygen atoms in total. The average molecular weight is 318 g/mol. The topological polar surface area (TPSA) is 105 Å². The second-order valence-electron chi connectivity index (χ2n) is 5.82. The van der Waals surface area contributed by atoms with Crippen molar-refractivity contribution in [2.24, 2.45) is 11.7 Å². The van der Waals surface area contributed by atoms with Crippen LogP contribution in [-0.2, 0) is 9.59 Å². The summed E-state index contributed by atoms with van der Waals surface area (Å²) in [5, 5.41) is 4.88. The molecule has 2 atom stereocenters. The zero-order valence-electron chi connectivity index (χ0n) is 13.1. The second kappa shape index (κ2) is 7.73. The van der Waals surface area contributed by atoms with E-state index < -0.39 is 11.9 Å². The molecule has 0 unspecified atom stereocenters. The molecule has 1 saturated heterocycles. The lowest BCUT2D eigenvalue weighted by atomic mass is 9.93. The first-order valence-corrected chi connectivity index (χ1v) is 7.65. The van der Waals surface area contributed by atoms with Gasteiger partial charge in [-0.05, 0) is 31.9 Å². The summed E-state index contributed by atoms with van der Waals surface area (Å²) >= 11 is 0. The van der Waals surface area contributed by atoms with Gasteiger partial charge in [0.1, 0.15) is 0 Å². The van der Waals surface area contributed by atoms with Crippen LogP contribution in [0.4, 0.5) is 10.5 Å². The van der Waals surface area contributed by atoms with E-state index in [1.165, 1.54) is 0 Å². The van der Waals surface area contributed by atoms with Gasteiger partial charge < -0.3 is 11.1 Å². The first-order valence-electron chi connectivity index (χ1n) is 7.65. The Balaban J connectivity index is 1.83. The number of carbonyl (C=O) groups excluding carboxylic acids is 3. The molecule has 1 aliphatic rings. The van der Waals surface area contributed by atoms with Crippen LogP contribution < -0.4 is 16.4 Å². The number of urea groups is 1. The maximum Gasteiger partial charge on any atom is 0.325 e. The van der Waals surface area contributed by atoms with E-state index in [1.54, 1.807) is 24.3 Å². The predicted molar refractivity (Wildman–Crippen MR) is 86.6 cm³/mol. The van der Waals surface area contributed by atoms with Crippen molar-refractivity contribution in [3.63, 3.8) is 0 Å². The van der Waals surface area contributed by atoms with Crippen LogP contribution in [0.3, 0.4) is 0 Å². The molecule has 23 heavy (non-hydrogen) atoms. The van der Waals surface area contributed by atoms with Crippen LogP contribution in [0.5, 0.6) is 0 Å². The van der Waals surface area contributed by atoms with Crippen molar-refractivity contribution in [2.75, 3.05) is 18.4 Å². The molecule has 0 aliphatic carbocycles. The summed E-state index contributed by atoms with van der Waals surface area (Å²) in [6.07, 6.45) is 1.54. The standard InChI is InChI=1S/C16H22N4O3/c1-11-7-8-12(15(17)22)9-20(11)10-14(21)19-16(23)18-13-5-3-2-4-6-13/h2-6,11-12H,7-10H2,1H3,(H2,17,22)(H2,18,19,21,23)/t11-,12+/m1/s1. The number of nitrogens with one attached hydrogen (secondary N) is 2. The molecule has 4 N–H and O–H groups in total. The smallest absolute Gasteiger partial charge is 0.325 e. The number of amides is 4. The number of rotatable bonds is 4. The highest BCUT2D eigenvalue weighted by molar-refractivity contribution is 6.01. The normalized spacial score (nSPS) is 21.4. The molecule has 2 rings (SSSR count). The van der Waals surface area contributed by atoms with Gasteiger partial charge in [-0.1, -0.05) is 18.2 Å². The summed E-state index contributed by atoms with van der Waals surface area (Å²) in [6.45, 7) is 2.51. The Kier molecular flexibility index (Phi) is 5.70. The van der Waals surface area contributed by atoms with Gasteiger partial charge in [-0.15, -0.1) is 0 Å². The van der Waals surface area contributed by atoms with Crippen LogP contribution in [0.2, 0.25) is 0 Å². The number of nitrogens with two attached hydrogens (primary N) is 1. The van der Waals surface area contributed by atoms with Crippen LogP contribution in [0, 0.1) is 5.92 Å². The van der Waals surface area contributed by atoms with Gasteiger partial charge in [0.15, 0.2) is 0 Å². The number of hydrogen-bond donors (Lipinski definition) is 3. The molecule has 1 heterocycles. The number of primary amides is 1. The quantitative estimate of drug-likeness (QED) is 0.767. The van der Waals surface area contributed by atoms with Crippen LogP contribution >= 0.6 is 0 Å². The number of imide groups is 1. The van der Waals surface area contributed by atoms with E-state index in [-0.39, 0.29) is 24.4 Å². The highest BCUT2D eigenvalue weighted by Crippen LogP contribution is 2.21. The van der Waals surface area contributed by atoms with Gasteiger partial charge in [0.25, 0.3) is 0 Å². The Morgan fingerprint density at radius 3 is 2.57 bits per heavy atom. The van der Waals surface area contributed by atoms with Gasteiger partial charge in [-0.25, -0.2) is 4.79 Å². The van der Waals surface area contributed by atoms with Crippen LogP contribution in [0.25, 0.3) is 0 Å². The molecular weight excluding hydrogens is 296 g/mol. The van der Waals surface area contributed by atoms with Gasteiger partial charge in [0.2, 0.25) is 11.8 Å². The number of para-hydroxylation sites is 1. The average Bonchev–Trinajstić information content (AvgIpc) is 2.50. The summed E-state index contributed by atoms with van der Waals surface area (Å²) in [5.74, 6) is -0.989. The Labute approximate surface area is 135 Å². The van der Waals surface area contributed by atoms with E-state index in [0.717, 1.165) is 12.8 Å². The van der Waals surface area contributed by atoms with E-state index in [9.17, 15) is 14.4 Å². The minimum absolute atomic E-state index is 0.0627. The van der Waals surface area contributed by atoms with Crippen molar-refractivity contribution >= 4 is 23.5 Å². The first kappa shape index (κ1) is 17.0. The molecule has 1 aromatic rings. The van der Waals surface area contributed by atoms with Crippen LogP contribution in [0.1, 0.15) is 19.8 Å². The third-order valence-electron chi connectivity index (χ3n) is 4.04. The van der Waals surface area contributed by atoms with Crippen molar-refractivity contribution in [1.82, 2.24) is 10.2 Å². The van der Waals surface area contributed by atoms with Gasteiger partial charge in [0.05, 0.1) is 12.5 Å². The summed E-state index contributed by atoms with van der Waals surface area (Å²) in [5.41, 5.74) is 5.95. The van der Waals surface area contributed by atoms with Crippen molar-refractivity contribution < 1.29 is 14.4 Å². The fourth-order valence-electron chi connectivity index (χ4n) is 2.67. The fraction of sp³-hybridized carbons (Fsp3) is 0.438. The summed E-state index contributed by atoms with van der Waals surface area (Å²) in [7, 11) is 0. The van der Waals surface area contributed by atoms with E-state index >= 15 is 0 Å². The Morgan fingerprint density at radius 2 is 1.91 bits per heavy atom. The SMILES string of the molecule is C[C@@H]1CC[C@H](C(N)=O)CN1CC(=O)NC(=O)Nc1ccccc1. The number of likely N-dealkylation sites (tertiary alicyclic amines) is 1. The van der Waals surface area contributed by atoms with Crippen molar-refractivity contribution in [3.8, 4) is 0 Å². The Bertz CT molecular complexity index is 576. The van der Waals surface area contributed by atoms with E-state index in [2.05, 4.69) is 10.6 Å². The number of benzene rings is 1. The molecule has 1 aliphatic heterocycles. The van der Waals surface area contributed by atoms with E-state index in [4.69, 9.17) is 5.73 Å². The minimum Gasteiger partial charge on any atom is -0.369 e. The number of anilines is 1. The second-order valence-corrected chi connectivity index (χ2v) is 5.82. The van der Waals surface area contributed by atoms with Crippen molar-refractivity contribution in [2.45, 2.75) is 25.8 Å². The van der Waals surface area contributed by atoms with Crippen LogP contribution in [-0.4, -0.2) is 41.9 Å².